The molecule has 0 saturated heterocycles. The molecule has 1 heterocycles. The van der Waals surface area contributed by atoms with Gasteiger partial charge in [0.2, 0.25) is 0 Å². The second-order valence-corrected chi connectivity index (χ2v) is 3.74. The molecule has 0 aliphatic heterocycles. The summed E-state index contributed by atoms with van der Waals surface area (Å²) >= 11 is 0. The highest BCUT2D eigenvalue weighted by atomic mass is 16.4. The van der Waals surface area contributed by atoms with E-state index in [2.05, 4.69) is 0 Å². The highest BCUT2D eigenvalue weighted by Gasteiger charge is 2.46. The Hall–Kier alpha value is -1.45. The summed E-state index contributed by atoms with van der Waals surface area (Å²) in [6.45, 7) is 1.87. The van der Waals surface area contributed by atoms with Gasteiger partial charge in [-0.3, -0.25) is 4.79 Å². The standard InChI is InChI=1S/C10H13NO3/c1-6-3-4-9(14-6)11(2)8-5-7(8)10(12)13/h3-4,7-8H,5H2,1-2H3,(H,12,13). The molecule has 4 nitrogen and oxygen atoms in total. The molecular formula is C10H13NO3. The number of aliphatic carboxylic acids is 1. The van der Waals surface area contributed by atoms with Gasteiger partial charge in [0.15, 0.2) is 5.88 Å². The van der Waals surface area contributed by atoms with Gasteiger partial charge in [-0.2, -0.15) is 0 Å². The average molecular weight is 195 g/mol. The van der Waals surface area contributed by atoms with Gasteiger partial charge in [-0.15, -0.1) is 0 Å². The van der Waals surface area contributed by atoms with Crippen LogP contribution in [0.5, 0.6) is 0 Å². The SMILES string of the molecule is Cc1ccc(N(C)C2CC2C(=O)O)o1. The summed E-state index contributed by atoms with van der Waals surface area (Å²) in [4.78, 5) is 12.6. The van der Waals surface area contributed by atoms with Gasteiger partial charge in [0.25, 0.3) is 0 Å². The Balaban J connectivity index is 2.04. The molecule has 2 atom stereocenters. The summed E-state index contributed by atoms with van der Waals surface area (Å²) in [5, 5.41) is 8.77. The minimum Gasteiger partial charge on any atom is -0.481 e. The van der Waals surface area contributed by atoms with E-state index >= 15 is 0 Å². The highest BCUT2D eigenvalue weighted by molar-refractivity contribution is 5.75. The molecule has 4 heteroatoms. The summed E-state index contributed by atoms with van der Waals surface area (Å²) in [6, 6.07) is 3.84. The van der Waals surface area contributed by atoms with Gasteiger partial charge in [-0.25, -0.2) is 0 Å². The maximum Gasteiger partial charge on any atom is 0.308 e. The first-order chi connectivity index (χ1) is 6.59. The predicted octanol–water partition coefficient (Wildman–Crippen LogP) is 1.50. The third-order valence-electron chi connectivity index (χ3n) is 2.65. The van der Waals surface area contributed by atoms with Gasteiger partial charge in [-0.05, 0) is 19.4 Å². The molecular weight excluding hydrogens is 182 g/mol. The minimum absolute atomic E-state index is 0.0954. The third kappa shape index (κ3) is 1.47. The first-order valence-electron chi connectivity index (χ1n) is 4.61. The Morgan fingerprint density at radius 2 is 2.36 bits per heavy atom. The monoisotopic (exact) mass is 195 g/mol. The molecule has 0 aromatic carbocycles. The fourth-order valence-electron chi connectivity index (χ4n) is 1.65. The van der Waals surface area contributed by atoms with E-state index in [1.165, 1.54) is 0 Å². The Bertz CT molecular complexity index is 358. The van der Waals surface area contributed by atoms with Crippen LogP contribution in [-0.4, -0.2) is 24.2 Å². The molecule has 1 aliphatic carbocycles. The van der Waals surface area contributed by atoms with E-state index in [-0.39, 0.29) is 12.0 Å². The Morgan fingerprint density at radius 3 is 2.79 bits per heavy atom. The van der Waals surface area contributed by atoms with Gasteiger partial charge in [0.1, 0.15) is 5.76 Å². The normalized spacial score (nSPS) is 24.7. The number of aryl methyl sites for hydroxylation is 1. The van der Waals surface area contributed by atoms with Crippen LogP contribution in [0.15, 0.2) is 16.5 Å². The van der Waals surface area contributed by atoms with Gasteiger partial charge < -0.3 is 14.4 Å². The summed E-state index contributed by atoms with van der Waals surface area (Å²) in [7, 11) is 1.87. The lowest BCUT2D eigenvalue weighted by molar-refractivity contribution is -0.138. The van der Waals surface area contributed by atoms with Crippen molar-refractivity contribution in [2.75, 3.05) is 11.9 Å². The molecule has 14 heavy (non-hydrogen) atoms. The first kappa shape index (κ1) is 9.12. The second kappa shape index (κ2) is 3.04. The molecule has 0 bridgehead atoms. The van der Waals surface area contributed by atoms with Crippen molar-refractivity contribution in [2.24, 2.45) is 5.92 Å². The fourth-order valence-corrected chi connectivity index (χ4v) is 1.65. The number of hydrogen-bond donors (Lipinski definition) is 1. The zero-order valence-electron chi connectivity index (χ0n) is 8.23. The molecule has 0 radical (unpaired) electrons. The van der Waals surface area contributed by atoms with E-state index < -0.39 is 5.97 Å². The van der Waals surface area contributed by atoms with E-state index in [9.17, 15) is 4.79 Å². The van der Waals surface area contributed by atoms with Crippen LogP contribution >= 0.6 is 0 Å². The summed E-state index contributed by atoms with van der Waals surface area (Å²) in [6.07, 6.45) is 0.714. The van der Waals surface area contributed by atoms with Crippen LogP contribution in [0.3, 0.4) is 0 Å². The number of carboxylic acids is 1. The van der Waals surface area contributed by atoms with Crippen LogP contribution in [0.25, 0.3) is 0 Å². The van der Waals surface area contributed by atoms with E-state index in [1.54, 1.807) is 0 Å². The van der Waals surface area contributed by atoms with Gasteiger partial charge in [-0.1, -0.05) is 0 Å². The summed E-state index contributed by atoms with van der Waals surface area (Å²) in [5.74, 6) is 0.645. The van der Waals surface area contributed by atoms with Crippen LogP contribution in [0.4, 0.5) is 5.88 Å². The third-order valence-corrected chi connectivity index (χ3v) is 2.65. The lowest BCUT2D eigenvalue weighted by atomic mass is 10.4. The molecule has 0 amide bonds. The topological polar surface area (TPSA) is 53.7 Å². The first-order valence-corrected chi connectivity index (χ1v) is 4.61. The van der Waals surface area contributed by atoms with Crippen molar-refractivity contribution in [2.45, 2.75) is 19.4 Å². The zero-order valence-corrected chi connectivity index (χ0v) is 8.23. The van der Waals surface area contributed by atoms with Crippen molar-refractivity contribution >= 4 is 11.9 Å². The number of hydrogen-bond acceptors (Lipinski definition) is 3. The molecule has 1 fully saturated rings. The van der Waals surface area contributed by atoms with Crippen LogP contribution < -0.4 is 4.90 Å². The van der Waals surface area contributed by atoms with Crippen molar-refractivity contribution in [1.29, 1.82) is 0 Å². The summed E-state index contributed by atoms with van der Waals surface area (Å²) in [5.41, 5.74) is 0. The van der Waals surface area contributed by atoms with E-state index in [1.807, 2.05) is 31.0 Å². The van der Waals surface area contributed by atoms with Crippen molar-refractivity contribution in [3.8, 4) is 0 Å². The maximum absolute atomic E-state index is 10.7. The largest absolute Gasteiger partial charge is 0.481 e. The average Bonchev–Trinajstić information content (AvgIpc) is 2.82. The van der Waals surface area contributed by atoms with E-state index in [0.29, 0.717) is 6.42 Å². The van der Waals surface area contributed by atoms with Crippen molar-refractivity contribution in [3.05, 3.63) is 17.9 Å². The highest BCUT2D eigenvalue weighted by Crippen LogP contribution is 2.37. The maximum atomic E-state index is 10.7. The van der Waals surface area contributed by atoms with Gasteiger partial charge in [0, 0.05) is 19.2 Å². The smallest absolute Gasteiger partial charge is 0.308 e. The van der Waals surface area contributed by atoms with Crippen LogP contribution in [0, 0.1) is 12.8 Å². The van der Waals surface area contributed by atoms with Crippen LogP contribution in [-0.2, 0) is 4.79 Å². The van der Waals surface area contributed by atoms with E-state index in [0.717, 1.165) is 11.6 Å². The van der Waals surface area contributed by atoms with Crippen LogP contribution in [0.2, 0.25) is 0 Å². The molecule has 2 rings (SSSR count). The second-order valence-electron chi connectivity index (χ2n) is 3.74. The molecule has 76 valence electrons. The number of nitrogens with zero attached hydrogens (tertiary/aromatic N) is 1. The number of rotatable bonds is 3. The molecule has 0 spiro atoms. The summed E-state index contributed by atoms with van der Waals surface area (Å²) < 4.78 is 5.41. The van der Waals surface area contributed by atoms with E-state index in [4.69, 9.17) is 9.52 Å². The van der Waals surface area contributed by atoms with Crippen molar-refractivity contribution in [3.63, 3.8) is 0 Å². The molecule has 1 aromatic rings. The Morgan fingerprint density at radius 1 is 1.64 bits per heavy atom. The quantitative estimate of drug-likeness (QED) is 0.794. The molecule has 1 aromatic heterocycles. The lowest BCUT2D eigenvalue weighted by Crippen LogP contribution is -2.22. The lowest BCUT2D eigenvalue weighted by Gasteiger charge is -2.14. The number of carbonyl (C=O) groups is 1. The number of anilines is 1. The fraction of sp³-hybridized carbons (Fsp3) is 0.500. The van der Waals surface area contributed by atoms with Crippen LogP contribution in [0.1, 0.15) is 12.2 Å². The number of furan rings is 1. The molecule has 1 aliphatic rings. The van der Waals surface area contributed by atoms with Crippen molar-refractivity contribution < 1.29 is 14.3 Å². The minimum atomic E-state index is -0.717. The molecule has 1 saturated carbocycles. The molecule has 1 N–H and O–H groups in total. The number of carboxylic acid groups (broad SMARTS) is 1. The Kier molecular flexibility index (Phi) is 1.98. The molecule has 2 unspecified atom stereocenters. The Labute approximate surface area is 82.1 Å². The zero-order chi connectivity index (χ0) is 10.3. The van der Waals surface area contributed by atoms with Gasteiger partial charge >= 0.3 is 5.97 Å². The van der Waals surface area contributed by atoms with Crippen molar-refractivity contribution in [1.82, 2.24) is 0 Å². The van der Waals surface area contributed by atoms with Gasteiger partial charge in [0.05, 0.1) is 5.92 Å². The predicted molar refractivity (Wildman–Crippen MR) is 51.4 cm³/mol.